The van der Waals surface area contributed by atoms with Gasteiger partial charge >= 0.3 is 0 Å². The van der Waals surface area contributed by atoms with Crippen LogP contribution < -0.4 is 11.2 Å². The van der Waals surface area contributed by atoms with Crippen LogP contribution in [0.25, 0.3) is 22.8 Å². The van der Waals surface area contributed by atoms with Gasteiger partial charge in [0.25, 0.3) is 0 Å². The third-order valence-corrected chi connectivity index (χ3v) is 6.08. The van der Waals surface area contributed by atoms with Crippen LogP contribution in [0.15, 0.2) is 58.2 Å². The highest BCUT2D eigenvalue weighted by Gasteiger charge is 2.17. The molecule has 0 saturated heterocycles. The number of carbonyl (C=O) groups is 1. The van der Waals surface area contributed by atoms with Crippen LogP contribution in [0.1, 0.15) is 11.1 Å². The topological polar surface area (TPSA) is 115 Å². The van der Waals surface area contributed by atoms with Crippen LogP contribution in [-0.2, 0) is 4.79 Å². The summed E-state index contributed by atoms with van der Waals surface area (Å²) in [6.07, 6.45) is 0. The maximum atomic E-state index is 12.2. The van der Waals surface area contributed by atoms with E-state index in [1.807, 2.05) is 44.2 Å². The van der Waals surface area contributed by atoms with Crippen LogP contribution >= 0.6 is 27.7 Å². The molecule has 0 bridgehead atoms. The largest absolute Gasteiger partial charge is 0.335 e. The number of hydrogen-bond acceptors (Lipinski definition) is 6. The number of amides is 1. The van der Waals surface area contributed by atoms with Gasteiger partial charge in [-0.05, 0) is 55.8 Å². The highest BCUT2D eigenvalue weighted by molar-refractivity contribution is 9.10. The molecule has 10 heteroatoms. The fraction of sp³-hybridized carbons (Fsp3) is 0.143. The molecule has 0 fully saturated rings. The minimum Gasteiger partial charge on any atom is -0.335 e. The Bertz CT molecular complexity index is 1230. The van der Waals surface area contributed by atoms with E-state index in [2.05, 4.69) is 59.8 Å². The third-order valence-electron chi connectivity index (χ3n) is 4.61. The molecule has 0 spiro atoms. The van der Waals surface area contributed by atoms with Gasteiger partial charge < -0.3 is 11.2 Å². The summed E-state index contributed by atoms with van der Waals surface area (Å²) in [5, 5.41) is 18.9. The number of benzene rings is 2. The molecule has 4 rings (SSSR count). The lowest BCUT2D eigenvalue weighted by Gasteiger charge is -2.05. The predicted octanol–water partition coefficient (Wildman–Crippen LogP) is 4.16. The second-order valence-electron chi connectivity index (χ2n) is 7.01. The molecular formula is C21H20BrN7OS. The standard InChI is InChI=1S/C21H20BrN7OS/c1-12-3-4-13(2)16(9-12)17-10-18(26-25-17)20-27-28-21(29(20)23)31-11-19(30)24-15-7-5-14(22)6-8-15/h3-10H,11,23H2,1-2H3,(H,24,30)(H,25,26). The Balaban J connectivity index is 1.45. The maximum absolute atomic E-state index is 12.2. The van der Waals surface area contributed by atoms with Gasteiger partial charge in [0.15, 0.2) is 0 Å². The summed E-state index contributed by atoms with van der Waals surface area (Å²) < 4.78 is 2.31. The molecule has 4 N–H and O–H groups in total. The number of nitrogens with two attached hydrogens (primary N) is 1. The van der Waals surface area contributed by atoms with Crippen LogP contribution in [0.2, 0.25) is 0 Å². The number of aromatic nitrogens is 5. The molecule has 0 aliphatic carbocycles. The molecule has 0 aliphatic rings. The molecular weight excluding hydrogens is 478 g/mol. The van der Waals surface area contributed by atoms with Crippen LogP contribution in [0.3, 0.4) is 0 Å². The van der Waals surface area contributed by atoms with Crippen molar-refractivity contribution in [3.63, 3.8) is 0 Å². The molecule has 0 atom stereocenters. The molecule has 31 heavy (non-hydrogen) atoms. The second kappa shape index (κ2) is 8.94. The van der Waals surface area contributed by atoms with Crippen molar-refractivity contribution in [1.82, 2.24) is 25.1 Å². The summed E-state index contributed by atoms with van der Waals surface area (Å²) in [5.74, 6) is 6.62. The average molecular weight is 498 g/mol. The molecule has 0 aliphatic heterocycles. The molecule has 0 radical (unpaired) electrons. The lowest BCUT2D eigenvalue weighted by atomic mass is 10.0. The normalized spacial score (nSPS) is 10.9. The summed E-state index contributed by atoms with van der Waals surface area (Å²) in [6, 6.07) is 15.5. The third kappa shape index (κ3) is 4.80. The number of hydrogen-bond donors (Lipinski definition) is 3. The number of nitrogens with zero attached hydrogens (tertiary/aromatic N) is 4. The zero-order valence-corrected chi connectivity index (χ0v) is 19.3. The zero-order chi connectivity index (χ0) is 22.0. The lowest BCUT2D eigenvalue weighted by Crippen LogP contribution is -2.16. The van der Waals surface area contributed by atoms with Crippen molar-refractivity contribution >= 4 is 39.3 Å². The number of rotatable bonds is 6. The summed E-state index contributed by atoms with van der Waals surface area (Å²) in [4.78, 5) is 12.2. The SMILES string of the molecule is Cc1ccc(C)c(-c2cc(-c3nnc(SCC(=O)Nc4ccc(Br)cc4)n3N)[nH]n2)c1. The Morgan fingerprint density at radius 3 is 2.71 bits per heavy atom. The Kier molecular flexibility index (Phi) is 6.10. The summed E-state index contributed by atoms with van der Waals surface area (Å²) in [7, 11) is 0. The first-order valence-electron chi connectivity index (χ1n) is 9.43. The van der Waals surface area contributed by atoms with Crippen LogP contribution in [0.5, 0.6) is 0 Å². The molecule has 2 aromatic heterocycles. The number of anilines is 1. The van der Waals surface area contributed by atoms with E-state index >= 15 is 0 Å². The van der Waals surface area contributed by atoms with E-state index in [1.54, 1.807) is 0 Å². The van der Waals surface area contributed by atoms with Gasteiger partial charge in [-0.25, -0.2) is 4.68 Å². The average Bonchev–Trinajstić information content (AvgIpc) is 3.37. The number of aromatic amines is 1. The number of halogens is 1. The molecule has 2 aromatic carbocycles. The van der Waals surface area contributed by atoms with Gasteiger partial charge in [-0.1, -0.05) is 45.4 Å². The van der Waals surface area contributed by atoms with E-state index in [0.717, 1.165) is 32.5 Å². The Hall–Kier alpha value is -3.11. The zero-order valence-electron chi connectivity index (χ0n) is 16.9. The lowest BCUT2D eigenvalue weighted by molar-refractivity contribution is -0.113. The van der Waals surface area contributed by atoms with Crippen molar-refractivity contribution < 1.29 is 4.79 Å². The van der Waals surface area contributed by atoms with Gasteiger partial charge in [0.2, 0.25) is 16.9 Å². The van der Waals surface area contributed by atoms with Gasteiger partial charge in [-0.15, -0.1) is 10.2 Å². The monoisotopic (exact) mass is 497 g/mol. The molecule has 158 valence electrons. The van der Waals surface area contributed by atoms with Crippen LogP contribution in [0.4, 0.5) is 5.69 Å². The van der Waals surface area contributed by atoms with Crippen molar-refractivity contribution in [3.05, 3.63) is 64.1 Å². The first-order valence-corrected chi connectivity index (χ1v) is 11.2. The highest BCUT2D eigenvalue weighted by atomic mass is 79.9. The highest BCUT2D eigenvalue weighted by Crippen LogP contribution is 2.27. The van der Waals surface area contributed by atoms with E-state index < -0.39 is 0 Å². The minimum atomic E-state index is -0.157. The predicted molar refractivity (Wildman–Crippen MR) is 126 cm³/mol. The van der Waals surface area contributed by atoms with Gasteiger partial charge in [0.1, 0.15) is 5.69 Å². The van der Waals surface area contributed by atoms with Gasteiger partial charge in [0.05, 0.1) is 11.4 Å². The van der Waals surface area contributed by atoms with E-state index in [0.29, 0.717) is 16.7 Å². The smallest absolute Gasteiger partial charge is 0.234 e. The van der Waals surface area contributed by atoms with Crippen molar-refractivity contribution in [1.29, 1.82) is 0 Å². The molecule has 0 saturated carbocycles. The number of nitrogens with one attached hydrogen (secondary N) is 2. The fourth-order valence-corrected chi connectivity index (χ4v) is 3.93. The number of aryl methyl sites for hydroxylation is 2. The summed E-state index contributed by atoms with van der Waals surface area (Å²) >= 11 is 4.58. The molecule has 8 nitrogen and oxygen atoms in total. The molecule has 1 amide bonds. The first kappa shape index (κ1) is 21.1. The first-order chi connectivity index (χ1) is 14.9. The second-order valence-corrected chi connectivity index (χ2v) is 8.86. The van der Waals surface area contributed by atoms with E-state index in [4.69, 9.17) is 5.84 Å². The summed E-state index contributed by atoms with van der Waals surface area (Å²) in [6.45, 7) is 4.09. The molecule has 4 aromatic rings. The van der Waals surface area contributed by atoms with Crippen molar-refractivity contribution in [2.45, 2.75) is 19.0 Å². The number of nitrogen functional groups attached to an aromatic ring is 1. The van der Waals surface area contributed by atoms with Crippen molar-refractivity contribution in [2.75, 3.05) is 16.9 Å². The van der Waals surface area contributed by atoms with Gasteiger partial charge in [-0.3, -0.25) is 9.89 Å². The van der Waals surface area contributed by atoms with Gasteiger partial charge in [0, 0.05) is 15.7 Å². The Labute approximate surface area is 191 Å². The number of carbonyl (C=O) groups excluding carboxylic acids is 1. The van der Waals surface area contributed by atoms with E-state index in [9.17, 15) is 4.79 Å². The van der Waals surface area contributed by atoms with E-state index in [-0.39, 0.29) is 11.7 Å². The van der Waals surface area contributed by atoms with Crippen LogP contribution in [0, 0.1) is 13.8 Å². The van der Waals surface area contributed by atoms with Gasteiger partial charge in [-0.2, -0.15) is 5.10 Å². The maximum Gasteiger partial charge on any atom is 0.234 e. The van der Waals surface area contributed by atoms with Crippen LogP contribution in [-0.4, -0.2) is 36.7 Å². The van der Waals surface area contributed by atoms with Crippen molar-refractivity contribution in [3.8, 4) is 22.8 Å². The minimum absolute atomic E-state index is 0.155. The Morgan fingerprint density at radius 1 is 1.16 bits per heavy atom. The van der Waals surface area contributed by atoms with E-state index in [1.165, 1.54) is 16.4 Å². The number of H-pyrrole nitrogens is 1. The quantitative estimate of drug-likeness (QED) is 0.272. The van der Waals surface area contributed by atoms with Crippen molar-refractivity contribution in [2.24, 2.45) is 0 Å². The molecule has 0 unspecified atom stereocenters. The number of thioether (sulfide) groups is 1. The molecule has 2 heterocycles. The fourth-order valence-electron chi connectivity index (χ4n) is 3.01. The summed E-state index contributed by atoms with van der Waals surface area (Å²) in [5.41, 5.74) is 5.52. The Morgan fingerprint density at radius 2 is 1.94 bits per heavy atom.